The van der Waals surface area contributed by atoms with Crippen molar-refractivity contribution < 1.29 is 29.4 Å². The number of Topliss-reactive ketones (excluding diaryl/α,β-unsaturated/α-hetero) is 2. The lowest BCUT2D eigenvalue weighted by Crippen LogP contribution is -2.61. The van der Waals surface area contributed by atoms with Gasteiger partial charge < -0.3 is 15.5 Å². The summed E-state index contributed by atoms with van der Waals surface area (Å²) >= 11 is 0. The lowest BCUT2D eigenvalue weighted by molar-refractivity contribution is -0.178. The molecule has 0 spiro atoms. The Morgan fingerprint density at radius 3 is 2.58 bits per heavy atom. The molecule has 7 nitrogen and oxygen atoms in total. The summed E-state index contributed by atoms with van der Waals surface area (Å²) in [7, 11) is 0. The molecule has 7 heteroatoms. The Kier molecular flexibility index (Phi) is 6.49. The molecule has 0 bridgehead atoms. The van der Waals surface area contributed by atoms with Crippen molar-refractivity contribution in [2.24, 2.45) is 46.3 Å². The van der Waals surface area contributed by atoms with Crippen LogP contribution in [0.15, 0.2) is 0 Å². The van der Waals surface area contributed by atoms with Crippen molar-refractivity contribution in [1.82, 2.24) is 5.32 Å². The Morgan fingerprint density at radius 2 is 1.88 bits per heavy atom. The molecule has 4 aliphatic carbocycles. The zero-order chi connectivity index (χ0) is 24.1. The minimum absolute atomic E-state index is 0.0380. The fourth-order valence-corrected chi connectivity index (χ4v) is 8.48. The van der Waals surface area contributed by atoms with Crippen LogP contribution in [0.5, 0.6) is 0 Å². The standard InChI is InChI=1S/C26H39NO6/c1-14(4-7-22(31)27-13-23(32)33)17-5-6-18-24-19(12-21(30)26(17,18)3)25(2)9-8-16(28)10-15(25)11-20(24)29/h14-15,17-19,21,24,30H,4-13H2,1-3H3,(H,27,31)(H,32,33)/t14-,15?,17-,18+,19+,21+,24+,25+,26-/m1/s1. The van der Waals surface area contributed by atoms with Gasteiger partial charge in [-0.3, -0.25) is 19.2 Å². The van der Waals surface area contributed by atoms with E-state index in [9.17, 15) is 24.3 Å². The molecule has 0 aromatic rings. The summed E-state index contributed by atoms with van der Waals surface area (Å²) in [6, 6.07) is 0. The summed E-state index contributed by atoms with van der Waals surface area (Å²) in [6.45, 7) is 6.16. The van der Waals surface area contributed by atoms with E-state index in [1.54, 1.807) is 0 Å². The first kappa shape index (κ1) is 24.4. The lowest BCUT2D eigenvalue weighted by atomic mass is 9.43. The van der Waals surface area contributed by atoms with Gasteiger partial charge in [0, 0.05) is 37.0 Å². The molecule has 0 radical (unpaired) electrons. The van der Waals surface area contributed by atoms with Gasteiger partial charge in [-0.2, -0.15) is 0 Å². The Hall–Kier alpha value is -1.76. The maximum absolute atomic E-state index is 13.4. The van der Waals surface area contributed by atoms with Gasteiger partial charge >= 0.3 is 5.97 Å². The summed E-state index contributed by atoms with van der Waals surface area (Å²) in [4.78, 5) is 48.2. The third-order valence-corrected chi connectivity index (χ3v) is 10.4. The van der Waals surface area contributed by atoms with Gasteiger partial charge in [0.25, 0.3) is 0 Å². The zero-order valence-electron chi connectivity index (χ0n) is 20.1. The van der Waals surface area contributed by atoms with Gasteiger partial charge in [-0.25, -0.2) is 0 Å². The fourth-order valence-electron chi connectivity index (χ4n) is 8.48. The molecule has 3 N–H and O–H groups in total. The lowest BCUT2D eigenvalue weighted by Gasteiger charge is -2.61. The van der Waals surface area contributed by atoms with Gasteiger partial charge in [-0.05, 0) is 67.1 Å². The van der Waals surface area contributed by atoms with Gasteiger partial charge in [0.1, 0.15) is 18.1 Å². The van der Waals surface area contributed by atoms with Crippen molar-refractivity contribution in [2.75, 3.05) is 6.54 Å². The van der Waals surface area contributed by atoms with Crippen LogP contribution in [0.2, 0.25) is 0 Å². The molecule has 1 unspecified atom stereocenters. The minimum atomic E-state index is -1.06. The Labute approximate surface area is 196 Å². The average Bonchev–Trinajstić information content (AvgIpc) is 3.11. The molecule has 184 valence electrons. The molecule has 33 heavy (non-hydrogen) atoms. The van der Waals surface area contributed by atoms with Crippen LogP contribution >= 0.6 is 0 Å². The van der Waals surface area contributed by atoms with Crippen molar-refractivity contribution in [3.05, 3.63) is 0 Å². The van der Waals surface area contributed by atoms with E-state index in [0.29, 0.717) is 37.9 Å². The van der Waals surface area contributed by atoms with Gasteiger partial charge in [0.2, 0.25) is 5.91 Å². The summed E-state index contributed by atoms with van der Waals surface area (Å²) in [5.74, 6) is 0.0118. The first-order valence-electron chi connectivity index (χ1n) is 12.7. The van der Waals surface area contributed by atoms with E-state index >= 15 is 0 Å². The summed E-state index contributed by atoms with van der Waals surface area (Å²) in [5.41, 5.74) is -0.414. The molecule has 4 rings (SSSR count). The fraction of sp³-hybridized carbons (Fsp3) is 0.846. The number of amides is 1. The molecule has 0 aliphatic heterocycles. The number of aliphatic carboxylic acids is 1. The topological polar surface area (TPSA) is 121 Å². The third kappa shape index (κ3) is 4.04. The second-order valence-corrected chi connectivity index (χ2v) is 11.8. The average molecular weight is 462 g/mol. The molecule has 9 atom stereocenters. The van der Waals surface area contributed by atoms with Crippen molar-refractivity contribution in [2.45, 2.75) is 84.7 Å². The third-order valence-electron chi connectivity index (χ3n) is 10.4. The number of nitrogens with one attached hydrogen (secondary N) is 1. The second kappa shape index (κ2) is 8.79. The predicted octanol–water partition coefficient (Wildman–Crippen LogP) is 2.98. The van der Waals surface area contributed by atoms with Crippen LogP contribution in [0.1, 0.15) is 78.6 Å². The summed E-state index contributed by atoms with van der Waals surface area (Å²) in [5, 5.41) is 22.7. The molecule has 0 aromatic carbocycles. The van der Waals surface area contributed by atoms with Gasteiger partial charge in [0.15, 0.2) is 0 Å². The number of hydrogen-bond acceptors (Lipinski definition) is 5. The highest BCUT2D eigenvalue weighted by atomic mass is 16.4. The number of carbonyl (C=O) groups excluding carboxylic acids is 3. The number of ketones is 2. The molecular weight excluding hydrogens is 422 g/mol. The summed E-state index contributed by atoms with van der Waals surface area (Å²) in [6.07, 6.45) is 5.29. The molecular formula is C26H39NO6. The molecule has 4 fully saturated rings. The number of aliphatic hydroxyl groups excluding tert-OH is 1. The van der Waals surface area contributed by atoms with Crippen LogP contribution in [0, 0.1) is 46.3 Å². The maximum atomic E-state index is 13.4. The van der Waals surface area contributed by atoms with Crippen LogP contribution in [0.4, 0.5) is 0 Å². The van der Waals surface area contributed by atoms with Crippen LogP contribution in [0.25, 0.3) is 0 Å². The van der Waals surface area contributed by atoms with Crippen molar-refractivity contribution >= 4 is 23.4 Å². The number of carbonyl (C=O) groups is 4. The van der Waals surface area contributed by atoms with E-state index in [4.69, 9.17) is 5.11 Å². The normalized spacial score (nSPS) is 43.3. The Morgan fingerprint density at radius 1 is 1.15 bits per heavy atom. The number of rotatable bonds is 6. The molecule has 0 aromatic heterocycles. The van der Waals surface area contributed by atoms with Crippen molar-refractivity contribution in [1.29, 1.82) is 0 Å². The van der Waals surface area contributed by atoms with Crippen molar-refractivity contribution in [3.63, 3.8) is 0 Å². The van der Waals surface area contributed by atoms with E-state index in [1.807, 2.05) is 0 Å². The molecule has 0 heterocycles. The quantitative estimate of drug-likeness (QED) is 0.559. The molecule has 4 aliphatic rings. The largest absolute Gasteiger partial charge is 0.480 e. The number of carboxylic acids is 1. The van der Waals surface area contributed by atoms with Gasteiger partial charge in [-0.1, -0.05) is 20.8 Å². The number of hydrogen-bond donors (Lipinski definition) is 3. The first-order valence-corrected chi connectivity index (χ1v) is 12.7. The van der Waals surface area contributed by atoms with Gasteiger partial charge in [-0.15, -0.1) is 0 Å². The van der Waals surface area contributed by atoms with E-state index < -0.39 is 12.1 Å². The number of fused-ring (bicyclic) bond motifs is 5. The highest BCUT2D eigenvalue weighted by Gasteiger charge is 2.65. The van der Waals surface area contributed by atoms with E-state index in [2.05, 4.69) is 26.1 Å². The van der Waals surface area contributed by atoms with E-state index in [-0.39, 0.29) is 71.0 Å². The smallest absolute Gasteiger partial charge is 0.322 e. The first-order chi connectivity index (χ1) is 15.5. The number of carboxylic acid groups (broad SMARTS) is 1. The monoisotopic (exact) mass is 461 g/mol. The molecule has 1 amide bonds. The second-order valence-electron chi connectivity index (χ2n) is 11.8. The van der Waals surface area contributed by atoms with E-state index in [1.165, 1.54) is 0 Å². The van der Waals surface area contributed by atoms with Crippen molar-refractivity contribution in [3.8, 4) is 0 Å². The van der Waals surface area contributed by atoms with E-state index in [0.717, 1.165) is 19.3 Å². The number of aliphatic hydroxyl groups is 1. The highest BCUT2D eigenvalue weighted by molar-refractivity contribution is 5.86. The maximum Gasteiger partial charge on any atom is 0.322 e. The molecule has 4 saturated carbocycles. The zero-order valence-corrected chi connectivity index (χ0v) is 20.1. The summed E-state index contributed by atoms with van der Waals surface area (Å²) < 4.78 is 0. The van der Waals surface area contributed by atoms with Crippen LogP contribution in [0.3, 0.4) is 0 Å². The Balaban J connectivity index is 1.50. The minimum Gasteiger partial charge on any atom is -0.480 e. The molecule has 0 saturated heterocycles. The Bertz CT molecular complexity index is 841. The van der Waals surface area contributed by atoms with Gasteiger partial charge in [0.05, 0.1) is 6.10 Å². The predicted molar refractivity (Wildman–Crippen MR) is 121 cm³/mol. The van der Waals surface area contributed by atoms with Crippen LogP contribution in [-0.2, 0) is 19.2 Å². The highest BCUT2D eigenvalue weighted by Crippen LogP contribution is 2.67. The van der Waals surface area contributed by atoms with Crippen LogP contribution < -0.4 is 5.32 Å². The SMILES string of the molecule is C[C@H](CCC(=O)NCC(=O)O)[C@H]1CC[C@H]2[C@@H]3C(=O)CC4CC(=O)CC[C@]4(C)[C@H]3C[C@H](O)[C@]12C. The van der Waals surface area contributed by atoms with Crippen LogP contribution in [-0.4, -0.2) is 46.3 Å².